The van der Waals surface area contributed by atoms with E-state index >= 15 is 0 Å². The van der Waals surface area contributed by atoms with E-state index in [-0.39, 0.29) is 23.6 Å². The van der Waals surface area contributed by atoms with Crippen molar-refractivity contribution in [2.24, 2.45) is 0 Å². The van der Waals surface area contributed by atoms with Crippen LogP contribution in [0.25, 0.3) is 5.76 Å². The van der Waals surface area contributed by atoms with Crippen LogP contribution < -0.4 is 0 Å². The van der Waals surface area contributed by atoms with Crippen LogP contribution >= 0.6 is 11.6 Å². The molecular formula is C24H17ClN2O5. The number of amides is 1. The van der Waals surface area contributed by atoms with Gasteiger partial charge in [-0.25, -0.2) is 0 Å². The minimum absolute atomic E-state index is 0.0814. The summed E-state index contributed by atoms with van der Waals surface area (Å²) in [5.74, 6) is -1.91. The zero-order valence-corrected chi connectivity index (χ0v) is 17.4. The molecule has 32 heavy (non-hydrogen) atoms. The minimum Gasteiger partial charge on any atom is -0.507 e. The molecule has 7 nitrogen and oxygen atoms in total. The number of aliphatic hydroxyl groups excluding tert-OH is 1. The molecule has 0 bridgehead atoms. The van der Waals surface area contributed by atoms with Gasteiger partial charge < -0.3 is 10.0 Å². The molecule has 1 heterocycles. The third kappa shape index (κ3) is 3.98. The Hall–Kier alpha value is -3.97. The van der Waals surface area contributed by atoms with E-state index in [1.807, 2.05) is 30.3 Å². The van der Waals surface area contributed by atoms with Crippen molar-refractivity contribution in [1.29, 1.82) is 0 Å². The molecule has 0 spiro atoms. The van der Waals surface area contributed by atoms with E-state index in [2.05, 4.69) is 0 Å². The summed E-state index contributed by atoms with van der Waals surface area (Å²) in [4.78, 5) is 37.9. The van der Waals surface area contributed by atoms with Gasteiger partial charge in [0.05, 0.1) is 16.5 Å². The van der Waals surface area contributed by atoms with Crippen LogP contribution in [0.2, 0.25) is 5.02 Å². The van der Waals surface area contributed by atoms with Crippen LogP contribution in [0.4, 0.5) is 5.69 Å². The zero-order chi connectivity index (χ0) is 22.8. The topological polar surface area (TPSA) is 101 Å². The van der Waals surface area contributed by atoms with Gasteiger partial charge in [-0.3, -0.25) is 19.7 Å². The number of carbonyl (C=O) groups is 2. The molecule has 0 radical (unpaired) electrons. The number of nitrogens with zero attached hydrogens (tertiary/aromatic N) is 2. The monoisotopic (exact) mass is 448 g/mol. The Morgan fingerprint density at radius 3 is 2.19 bits per heavy atom. The van der Waals surface area contributed by atoms with Crippen LogP contribution in [0.5, 0.6) is 0 Å². The van der Waals surface area contributed by atoms with Crippen molar-refractivity contribution in [3.63, 3.8) is 0 Å². The van der Waals surface area contributed by atoms with Gasteiger partial charge >= 0.3 is 0 Å². The van der Waals surface area contributed by atoms with Crippen LogP contribution in [0.1, 0.15) is 22.7 Å². The van der Waals surface area contributed by atoms with Gasteiger partial charge in [0.25, 0.3) is 17.4 Å². The molecule has 0 aromatic heterocycles. The second-order valence-corrected chi connectivity index (χ2v) is 7.70. The van der Waals surface area contributed by atoms with Gasteiger partial charge in [0.2, 0.25) is 0 Å². The summed E-state index contributed by atoms with van der Waals surface area (Å²) < 4.78 is 0. The predicted octanol–water partition coefficient (Wildman–Crippen LogP) is 4.87. The fourth-order valence-corrected chi connectivity index (χ4v) is 3.84. The fraction of sp³-hybridized carbons (Fsp3) is 0.0833. The second-order valence-electron chi connectivity index (χ2n) is 7.27. The van der Waals surface area contributed by atoms with Crippen LogP contribution in [0.3, 0.4) is 0 Å². The molecule has 0 saturated carbocycles. The Morgan fingerprint density at radius 1 is 0.969 bits per heavy atom. The van der Waals surface area contributed by atoms with Gasteiger partial charge in [-0.15, -0.1) is 0 Å². The van der Waals surface area contributed by atoms with Crippen LogP contribution in [-0.4, -0.2) is 26.6 Å². The highest BCUT2D eigenvalue weighted by Gasteiger charge is 2.46. The molecule has 3 aromatic carbocycles. The molecule has 1 fully saturated rings. The number of rotatable bonds is 5. The standard InChI is InChI=1S/C24H17ClN2O5/c25-18-10-6-17(7-11-18)22(28)20-21(16-8-12-19(13-9-16)27(31)32)26(24(30)23(20)29)14-15-4-2-1-3-5-15/h1-13,21,28H,14H2. The molecule has 1 amide bonds. The summed E-state index contributed by atoms with van der Waals surface area (Å²) in [6.45, 7) is 0.129. The number of carbonyl (C=O) groups excluding carboxylic acids is 2. The number of ketones is 1. The first-order chi connectivity index (χ1) is 15.4. The minimum atomic E-state index is -0.910. The van der Waals surface area contributed by atoms with Gasteiger partial charge in [0, 0.05) is 29.3 Å². The fourth-order valence-electron chi connectivity index (χ4n) is 3.71. The molecule has 0 aliphatic carbocycles. The number of likely N-dealkylation sites (tertiary alicyclic amines) is 1. The largest absolute Gasteiger partial charge is 0.507 e. The van der Waals surface area contributed by atoms with E-state index in [1.54, 1.807) is 24.3 Å². The van der Waals surface area contributed by atoms with Gasteiger partial charge in [-0.1, -0.05) is 41.9 Å². The molecule has 1 saturated heterocycles. The van der Waals surface area contributed by atoms with Crippen molar-refractivity contribution in [3.8, 4) is 0 Å². The summed E-state index contributed by atoms with van der Waals surface area (Å²) in [5, 5.41) is 22.5. The molecule has 8 heteroatoms. The van der Waals surface area contributed by atoms with E-state index in [0.29, 0.717) is 16.1 Å². The Balaban J connectivity index is 1.85. The lowest BCUT2D eigenvalue weighted by Crippen LogP contribution is -2.29. The number of halogens is 1. The van der Waals surface area contributed by atoms with Crippen molar-refractivity contribution >= 4 is 34.7 Å². The summed E-state index contributed by atoms with van der Waals surface area (Å²) in [7, 11) is 0. The maximum Gasteiger partial charge on any atom is 0.295 e. The summed E-state index contributed by atoms with van der Waals surface area (Å²) in [5.41, 5.74) is 1.40. The zero-order valence-electron chi connectivity index (χ0n) is 16.6. The Kier molecular flexibility index (Phi) is 5.75. The lowest BCUT2D eigenvalue weighted by Gasteiger charge is -2.25. The molecule has 1 N–H and O–H groups in total. The van der Waals surface area contributed by atoms with E-state index in [0.717, 1.165) is 5.56 Å². The molecule has 1 aliphatic rings. The Morgan fingerprint density at radius 2 is 1.59 bits per heavy atom. The second kappa shape index (κ2) is 8.64. The number of Topliss-reactive ketones (excluding diaryl/α,β-unsaturated/α-hetero) is 1. The van der Waals surface area contributed by atoms with Crippen molar-refractivity contribution in [3.05, 3.63) is 116 Å². The van der Waals surface area contributed by atoms with Crippen LogP contribution in [0, 0.1) is 10.1 Å². The number of nitro benzene ring substituents is 1. The van der Waals surface area contributed by atoms with E-state index in [1.165, 1.54) is 29.2 Å². The SMILES string of the molecule is O=C1C(=O)N(Cc2ccccc2)C(c2ccc([N+](=O)[O-])cc2)C1=C(O)c1ccc(Cl)cc1. The van der Waals surface area contributed by atoms with E-state index in [9.17, 15) is 24.8 Å². The first-order valence-electron chi connectivity index (χ1n) is 9.69. The van der Waals surface area contributed by atoms with Crippen molar-refractivity contribution in [1.82, 2.24) is 4.90 Å². The Labute approximate surface area is 188 Å². The Bertz CT molecular complexity index is 1220. The van der Waals surface area contributed by atoms with Gasteiger partial charge in [0.15, 0.2) is 0 Å². The van der Waals surface area contributed by atoms with Crippen LogP contribution in [0.15, 0.2) is 84.4 Å². The number of benzene rings is 3. The molecule has 4 rings (SSSR count). The highest BCUT2D eigenvalue weighted by Crippen LogP contribution is 2.40. The van der Waals surface area contributed by atoms with E-state index in [4.69, 9.17) is 11.6 Å². The highest BCUT2D eigenvalue weighted by molar-refractivity contribution is 6.46. The summed E-state index contributed by atoms with van der Waals surface area (Å²) in [6, 6.07) is 20.0. The normalized spacial score (nSPS) is 17.5. The summed E-state index contributed by atoms with van der Waals surface area (Å²) >= 11 is 5.92. The lowest BCUT2D eigenvalue weighted by molar-refractivity contribution is -0.384. The number of nitro groups is 1. The molecule has 160 valence electrons. The number of hydrogen-bond donors (Lipinski definition) is 1. The third-order valence-corrected chi connectivity index (χ3v) is 5.52. The summed E-state index contributed by atoms with van der Waals surface area (Å²) in [6.07, 6.45) is 0. The molecular weight excluding hydrogens is 432 g/mol. The smallest absolute Gasteiger partial charge is 0.295 e. The maximum absolute atomic E-state index is 13.0. The first kappa shape index (κ1) is 21.3. The lowest BCUT2D eigenvalue weighted by atomic mass is 9.95. The molecule has 1 unspecified atom stereocenters. The maximum atomic E-state index is 13.0. The molecule has 1 aliphatic heterocycles. The number of hydrogen-bond acceptors (Lipinski definition) is 5. The first-order valence-corrected chi connectivity index (χ1v) is 10.1. The highest BCUT2D eigenvalue weighted by atomic mass is 35.5. The third-order valence-electron chi connectivity index (χ3n) is 5.27. The molecule has 3 aromatic rings. The van der Waals surface area contributed by atoms with Crippen LogP contribution in [-0.2, 0) is 16.1 Å². The average molecular weight is 449 g/mol. The van der Waals surface area contributed by atoms with Gasteiger partial charge in [-0.05, 0) is 47.5 Å². The van der Waals surface area contributed by atoms with Crippen molar-refractivity contribution < 1.29 is 19.6 Å². The number of aliphatic hydroxyl groups is 1. The quantitative estimate of drug-likeness (QED) is 0.197. The van der Waals surface area contributed by atoms with Crippen molar-refractivity contribution in [2.75, 3.05) is 0 Å². The average Bonchev–Trinajstić information content (AvgIpc) is 3.05. The van der Waals surface area contributed by atoms with E-state index < -0.39 is 22.7 Å². The number of non-ortho nitro benzene ring substituents is 1. The van der Waals surface area contributed by atoms with Gasteiger partial charge in [-0.2, -0.15) is 0 Å². The van der Waals surface area contributed by atoms with Gasteiger partial charge in [0.1, 0.15) is 5.76 Å². The van der Waals surface area contributed by atoms with Crippen molar-refractivity contribution in [2.45, 2.75) is 12.6 Å². The molecule has 1 atom stereocenters. The predicted molar refractivity (Wildman–Crippen MR) is 119 cm³/mol.